The van der Waals surface area contributed by atoms with Crippen LogP contribution in [0.25, 0.3) is 17.0 Å². The predicted molar refractivity (Wildman–Crippen MR) is 56.5 cm³/mol. The van der Waals surface area contributed by atoms with Crippen molar-refractivity contribution in [3.8, 4) is 0 Å². The molecule has 0 saturated carbocycles. The first-order chi connectivity index (χ1) is 6.42. The fourth-order valence-electron chi connectivity index (χ4n) is 1.44. The molecule has 0 unspecified atom stereocenters. The van der Waals surface area contributed by atoms with Gasteiger partial charge in [0.05, 0.1) is 5.52 Å². The van der Waals surface area contributed by atoms with Gasteiger partial charge in [0.25, 0.3) is 0 Å². The number of pyridine rings is 1. The van der Waals surface area contributed by atoms with E-state index in [-0.39, 0.29) is 0 Å². The minimum atomic E-state index is 1.05. The van der Waals surface area contributed by atoms with Gasteiger partial charge in [-0.1, -0.05) is 30.4 Å². The Morgan fingerprint density at radius 2 is 2.00 bits per heavy atom. The van der Waals surface area contributed by atoms with Gasteiger partial charge in [-0.25, -0.2) is 0 Å². The van der Waals surface area contributed by atoms with E-state index in [2.05, 4.69) is 17.1 Å². The lowest BCUT2D eigenvalue weighted by Crippen LogP contribution is -1.80. The number of hydrogen-bond donors (Lipinski definition) is 0. The first-order valence-electron chi connectivity index (χ1n) is 4.38. The average Bonchev–Trinajstić information content (AvgIpc) is 2.19. The molecule has 0 amide bonds. The van der Waals surface area contributed by atoms with Gasteiger partial charge >= 0.3 is 0 Å². The van der Waals surface area contributed by atoms with E-state index < -0.39 is 0 Å². The van der Waals surface area contributed by atoms with E-state index in [0.717, 1.165) is 5.52 Å². The van der Waals surface area contributed by atoms with Crippen LogP contribution in [0.4, 0.5) is 0 Å². The zero-order chi connectivity index (χ0) is 9.10. The summed E-state index contributed by atoms with van der Waals surface area (Å²) in [5.74, 6) is 0. The molecular weight excluding hydrogens is 158 g/mol. The minimum Gasteiger partial charge on any atom is -0.256 e. The molecule has 0 bridgehead atoms. The van der Waals surface area contributed by atoms with Crippen LogP contribution >= 0.6 is 0 Å². The molecule has 1 heterocycles. The summed E-state index contributed by atoms with van der Waals surface area (Å²) in [5.41, 5.74) is 2.28. The molecule has 1 aromatic carbocycles. The normalized spacial score (nSPS) is 11.2. The van der Waals surface area contributed by atoms with Gasteiger partial charge in [-0.05, 0) is 24.6 Å². The first kappa shape index (κ1) is 7.99. The monoisotopic (exact) mass is 169 g/mol. The van der Waals surface area contributed by atoms with Crippen LogP contribution in [0, 0.1) is 0 Å². The fourth-order valence-corrected chi connectivity index (χ4v) is 1.44. The molecule has 0 atom stereocenters. The lowest BCUT2D eigenvalue weighted by atomic mass is 10.1. The number of rotatable bonds is 1. The SMILES string of the molecule is C/C=C\c1ccnc2ccccc12. The Morgan fingerprint density at radius 1 is 1.15 bits per heavy atom. The molecule has 0 saturated heterocycles. The Balaban J connectivity index is 2.75. The Labute approximate surface area is 77.7 Å². The summed E-state index contributed by atoms with van der Waals surface area (Å²) in [6.07, 6.45) is 5.99. The summed E-state index contributed by atoms with van der Waals surface area (Å²) in [7, 11) is 0. The molecular formula is C12H11N. The van der Waals surface area contributed by atoms with E-state index in [1.807, 2.05) is 43.5 Å². The average molecular weight is 169 g/mol. The highest BCUT2D eigenvalue weighted by atomic mass is 14.6. The van der Waals surface area contributed by atoms with E-state index in [1.54, 1.807) is 0 Å². The number of aromatic nitrogens is 1. The van der Waals surface area contributed by atoms with Crippen molar-refractivity contribution in [2.75, 3.05) is 0 Å². The molecule has 2 aromatic rings. The second kappa shape index (κ2) is 3.40. The molecule has 0 radical (unpaired) electrons. The minimum absolute atomic E-state index is 1.05. The summed E-state index contributed by atoms with van der Waals surface area (Å²) >= 11 is 0. The van der Waals surface area contributed by atoms with E-state index >= 15 is 0 Å². The highest BCUT2D eigenvalue weighted by Crippen LogP contribution is 2.16. The van der Waals surface area contributed by atoms with Gasteiger partial charge in [0.2, 0.25) is 0 Å². The molecule has 1 aromatic heterocycles. The van der Waals surface area contributed by atoms with Gasteiger partial charge in [0, 0.05) is 11.6 Å². The van der Waals surface area contributed by atoms with Crippen LogP contribution in [0.5, 0.6) is 0 Å². The van der Waals surface area contributed by atoms with Crippen molar-refractivity contribution < 1.29 is 0 Å². The largest absolute Gasteiger partial charge is 0.256 e. The highest BCUT2D eigenvalue weighted by molar-refractivity contribution is 5.87. The second-order valence-corrected chi connectivity index (χ2v) is 2.92. The van der Waals surface area contributed by atoms with Crippen LogP contribution in [0.3, 0.4) is 0 Å². The van der Waals surface area contributed by atoms with Crippen molar-refractivity contribution >= 4 is 17.0 Å². The molecule has 64 valence electrons. The van der Waals surface area contributed by atoms with Crippen molar-refractivity contribution in [3.05, 3.63) is 48.2 Å². The predicted octanol–water partition coefficient (Wildman–Crippen LogP) is 3.27. The maximum absolute atomic E-state index is 4.29. The van der Waals surface area contributed by atoms with Crippen LogP contribution in [-0.4, -0.2) is 4.98 Å². The Kier molecular flexibility index (Phi) is 2.09. The van der Waals surface area contributed by atoms with Crippen LogP contribution in [0.2, 0.25) is 0 Å². The maximum atomic E-state index is 4.29. The zero-order valence-corrected chi connectivity index (χ0v) is 7.57. The Bertz CT molecular complexity index is 438. The molecule has 13 heavy (non-hydrogen) atoms. The molecule has 0 aliphatic rings. The highest BCUT2D eigenvalue weighted by Gasteiger charge is 1.95. The van der Waals surface area contributed by atoms with Gasteiger partial charge < -0.3 is 0 Å². The van der Waals surface area contributed by atoms with Gasteiger partial charge in [-0.15, -0.1) is 0 Å². The molecule has 0 fully saturated rings. The number of allylic oxidation sites excluding steroid dienone is 1. The van der Waals surface area contributed by atoms with Gasteiger partial charge in [0.1, 0.15) is 0 Å². The molecule has 0 N–H and O–H groups in total. The lowest BCUT2D eigenvalue weighted by Gasteiger charge is -1.99. The number of fused-ring (bicyclic) bond motifs is 1. The van der Waals surface area contributed by atoms with E-state index in [9.17, 15) is 0 Å². The summed E-state index contributed by atoms with van der Waals surface area (Å²) < 4.78 is 0. The van der Waals surface area contributed by atoms with Crippen molar-refractivity contribution in [2.45, 2.75) is 6.92 Å². The van der Waals surface area contributed by atoms with Crippen LogP contribution in [-0.2, 0) is 0 Å². The number of para-hydroxylation sites is 1. The van der Waals surface area contributed by atoms with Crippen molar-refractivity contribution in [1.82, 2.24) is 4.98 Å². The Hall–Kier alpha value is -1.63. The Morgan fingerprint density at radius 3 is 2.85 bits per heavy atom. The van der Waals surface area contributed by atoms with E-state index in [0.29, 0.717) is 0 Å². The molecule has 2 rings (SSSR count). The van der Waals surface area contributed by atoms with Crippen LogP contribution in [0.15, 0.2) is 42.6 Å². The molecule has 1 heteroatoms. The molecule has 0 spiro atoms. The summed E-state index contributed by atoms with van der Waals surface area (Å²) in [5, 5.41) is 1.21. The van der Waals surface area contributed by atoms with Crippen LogP contribution in [0.1, 0.15) is 12.5 Å². The fraction of sp³-hybridized carbons (Fsp3) is 0.0833. The van der Waals surface area contributed by atoms with Crippen molar-refractivity contribution in [3.63, 3.8) is 0 Å². The zero-order valence-electron chi connectivity index (χ0n) is 7.57. The number of nitrogens with zero attached hydrogens (tertiary/aromatic N) is 1. The summed E-state index contributed by atoms with van der Waals surface area (Å²) in [4.78, 5) is 4.29. The number of benzene rings is 1. The topological polar surface area (TPSA) is 12.9 Å². The first-order valence-corrected chi connectivity index (χ1v) is 4.38. The lowest BCUT2D eigenvalue weighted by molar-refractivity contribution is 1.40. The standard InChI is InChI=1S/C12H11N/c1-2-5-10-8-9-13-12-7-4-3-6-11(10)12/h2-9H,1H3/b5-2-. The smallest absolute Gasteiger partial charge is 0.0707 e. The molecule has 1 nitrogen and oxygen atoms in total. The van der Waals surface area contributed by atoms with Crippen molar-refractivity contribution in [2.24, 2.45) is 0 Å². The van der Waals surface area contributed by atoms with E-state index in [1.165, 1.54) is 10.9 Å². The third-order valence-corrected chi connectivity index (χ3v) is 2.03. The maximum Gasteiger partial charge on any atom is 0.0707 e. The summed E-state index contributed by atoms with van der Waals surface area (Å²) in [6.45, 7) is 2.02. The third-order valence-electron chi connectivity index (χ3n) is 2.03. The molecule has 0 aliphatic heterocycles. The second-order valence-electron chi connectivity index (χ2n) is 2.92. The summed E-state index contributed by atoms with van der Waals surface area (Å²) in [6, 6.07) is 10.2. The van der Waals surface area contributed by atoms with Crippen LogP contribution < -0.4 is 0 Å². The van der Waals surface area contributed by atoms with Crippen molar-refractivity contribution in [1.29, 1.82) is 0 Å². The van der Waals surface area contributed by atoms with Gasteiger partial charge in [0.15, 0.2) is 0 Å². The van der Waals surface area contributed by atoms with Gasteiger partial charge in [-0.2, -0.15) is 0 Å². The number of hydrogen-bond acceptors (Lipinski definition) is 1. The molecule has 0 aliphatic carbocycles. The third kappa shape index (κ3) is 1.45. The quantitative estimate of drug-likeness (QED) is 0.638. The van der Waals surface area contributed by atoms with Gasteiger partial charge in [-0.3, -0.25) is 4.98 Å². The van der Waals surface area contributed by atoms with E-state index in [4.69, 9.17) is 0 Å².